The van der Waals surface area contributed by atoms with Gasteiger partial charge < -0.3 is 5.32 Å². The van der Waals surface area contributed by atoms with Gasteiger partial charge in [-0.05, 0) is 44.0 Å². The molecule has 6 heteroatoms. The fourth-order valence-corrected chi connectivity index (χ4v) is 3.87. The molecule has 0 bridgehead atoms. The summed E-state index contributed by atoms with van der Waals surface area (Å²) in [4.78, 5) is 23.7. The van der Waals surface area contributed by atoms with Gasteiger partial charge in [-0.2, -0.15) is 0 Å². The molecule has 1 N–H and O–H groups in total. The summed E-state index contributed by atoms with van der Waals surface area (Å²) in [6.07, 6.45) is 4.23. The normalized spacial score (nSPS) is 18.3. The van der Waals surface area contributed by atoms with Gasteiger partial charge in [-0.3, -0.25) is 14.7 Å². The van der Waals surface area contributed by atoms with E-state index in [9.17, 15) is 4.79 Å². The predicted molar refractivity (Wildman–Crippen MR) is 91.0 cm³/mol. The number of likely N-dealkylation sites (tertiary alicyclic amines) is 1. The van der Waals surface area contributed by atoms with E-state index in [1.807, 2.05) is 11.7 Å². The Morgan fingerprint density at radius 2 is 2.35 bits per heavy atom. The van der Waals surface area contributed by atoms with Crippen molar-refractivity contribution in [2.75, 3.05) is 6.54 Å². The maximum Gasteiger partial charge on any atom is 0.217 e. The predicted octanol–water partition coefficient (Wildman–Crippen LogP) is 2.82. The standard InChI is InChI=1S/C17H22N4OS/c1-12-17(23-11-20-12)10-21-7-3-4-16(21)14-5-6-18-15(8-14)9-19-13(2)22/h5-6,8,11,16H,3-4,7,9-10H2,1-2H3,(H,19,22). The van der Waals surface area contributed by atoms with Crippen LogP contribution in [0, 0.1) is 6.92 Å². The molecular weight excluding hydrogens is 308 g/mol. The third-order valence-electron chi connectivity index (χ3n) is 4.30. The van der Waals surface area contributed by atoms with Crippen molar-refractivity contribution in [3.63, 3.8) is 0 Å². The first-order chi connectivity index (χ1) is 11.1. The number of thiazole rings is 1. The van der Waals surface area contributed by atoms with Gasteiger partial charge >= 0.3 is 0 Å². The van der Waals surface area contributed by atoms with Crippen LogP contribution in [0.2, 0.25) is 0 Å². The van der Waals surface area contributed by atoms with Crippen molar-refractivity contribution in [1.82, 2.24) is 20.2 Å². The summed E-state index contributed by atoms with van der Waals surface area (Å²) in [5, 5.41) is 2.81. The minimum atomic E-state index is -0.0274. The Morgan fingerprint density at radius 1 is 1.48 bits per heavy atom. The number of aryl methyl sites for hydroxylation is 1. The van der Waals surface area contributed by atoms with Gasteiger partial charge in [0.1, 0.15) is 0 Å². The second-order valence-corrected chi connectivity index (χ2v) is 6.92. The molecule has 2 aromatic heterocycles. The van der Waals surface area contributed by atoms with E-state index in [4.69, 9.17) is 0 Å². The van der Waals surface area contributed by atoms with Crippen molar-refractivity contribution in [3.05, 3.63) is 45.7 Å². The van der Waals surface area contributed by atoms with E-state index in [0.29, 0.717) is 12.6 Å². The Bertz CT molecular complexity index is 685. The number of aromatic nitrogens is 2. The SMILES string of the molecule is CC(=O)NCc1cc(C2CCCN2Cc2scnc2C)ccn1. The van der Waals surface area contributed by atoms with Crippen molar-refractivity contribution < 1.29 is 4.79 Å². The third-order valence-corrected chi connectivity index (χ3v) is 5.22. The van der Waals surface area contributed by atoms with Gasteiger partial charge in [0.2, 0.25) is 5.91 Å². The van der Waals surface area contributed by atoms with Gasteiger partial charge in [0.15, 0.2) is 0 Å². The summed E-state index contributed by atoms with van der Waals surface area (Å²) in [6.45, 7) is 6.18. The van der Waals surface area contributed by atoms with Crippen molar-refractivity contribution in [2.45, 2.75) is 45.8 Å². The van der Waals surface area contributed by atoms with E-state index in [0.717, 1.165) is 24.5 Å². The number of amides is 1. The highest BCUT2D eigenvalue weighted by atomic mass is 32.1. The van der Waals surface area contributed by atoms with E-state index in [-0.39, 0.29) is 5.91 Å². The second kappa shape index (κ2) is 7.19. The summed E-state index contributed by atoms with van der Waals surface area (Å²) in [7, 11) is 0. The first kappa shape index (κ1) is 16.1. The lowest BCUT2D eigenvalue weighted by Gasteiger charge is -2.24. The molecule has 0 radical (unpaired) electrons. The number of pyridine rings is 1. The maximum absolute atomic E-state index is 11.1. The van der Waals surface area contributed by atoms with E-state index >= 15 is 0 Å². The molecule has 1 amide bonds. The van der Waals surface area contributed by atoms with E-state index in [1.165, 1.54) is 30.2 Å². The molecule has 0 aromatic carbocycles. The lowest BCUT2D eigenvalue weighted by Crippen LogP contribution is -2.23. The van der Waals surface area contributed by atoms with Gasteiger partial charge in [0.05, 0.1) is 23.4 Å². The summed E-state index contributed by atoms with van der Waals surface area (Å²) in [5.74, 6) is -0.0274. The van der Waals surface area contributed by atoms with Crippen LogP contribution >= 0.6 is 11.3 Å². The topological polar surface area (TPSA) is 58.1 Å². The van der Waals surface area contributed by atoms with Crippen LogP contribution in [0.5, 0.6) is 0 Å². The lowest BCUT2D eigenvalue weighted by molar-refractivity contribution is -0.119. The zero-order chi connectivity index (χ0) is 16.2. The molecule has 1 aliphatic rings. The number of nitrogens with one attached hydrogen (secondary N) is 1. The van der Waals surface area contributed by atoms with Gasteiger partial charge in [-0.25, -0.2) is 4.98 Å². The molecule has 0 aliphatic carbocycles. The molecule has 23 heavy (non-hydrogen) atoms. The highest BCUT2D eigenvalue weighted by Gasteiger charge is 2.27. The van der Waals surface area contributed by atoms with Gasteiger partial charge in [-0.15, -0.1) is 11.3 Å². The smallest absolute Gasteiger partial charge is 0.217 e. The van der Waals surface area contributed by atoms with Crippen LogP contribution < -0.4 is 5.32 Å². The quantitative estimate of drug-likeness (QED) is 0.916. The largest absolute Gasteiger partial charge is 0.351 e. The van der Waals surface area contributed by atoms with E-state index in [2.05, 4.69) is 39.2 Å². The highest BCUT2D eigenvalue weighted by molar-refractivity contribution is 7.09. The number of nitrogens with zero attached hydrogens (tertiary/aromatic N) is 3. The molecular formula is C17H22N4OS. The van der Waals surface area contributed by atoms with E-state index in [1.54, 1.807) is 11.3 Å². The van der Waals surface area contributed by atoms with Crippen LogP contribution in [0.4, 0.5) is 0 Å². The summed E-state index contributed by atoms with van der Waals surface area (Å²) in [6, 6.07) is 4.65. The maximum atomic E-state index is 11.1. The molecule has 122 valence electrons. The van der Waals surface area contributed by atoms with Crippen LogP contribution in [0.15, 0.2) is 23.8 Å². The van der Waals surface area contributed by atoms with Crippen LogP contribution in [-0.2, 0) is 17.9 Å². The molecule has 1 unspecified atom stereocenters. The monoisotopic (exact) mass is 330 g/mol. The summed E-state index contributed by atoms with van der Waals surface area (Å²) >= 11 is 1.74. The zero-order valence-corrected chi connectivity index (χ0v) is 14.4. The Hall–Kier alpha value is -1.79. The van der Waals surface area contributed by atoms with Crippen LogP contribution in [0.25, 0.3) is 0 Å². The number of carbonyl (C=O) groups excluding carboxylic acids is 1. The van der Waals surface area contributed by atoms with Crippen LogP contribution in [0.3, 0.4) is 0 Å². The number of carbonyl (C=O) groups is 1. The fraction of sp³-hybridized carbons (Fsp3) is 0.471. The number of rotatable bonds is 5. The lowest BCUT2D eigenvalue weighted by atomic mass is 10.0. The van der Waals surface area contributed by atoms with Gasteiger partial charge in [0, 0.05) is 30.6 Å². The van der Waals surface area contributed by atoms with Gasteiger partial charge in [-0.1, -0.05) is 0 Å². The minimum Gasteiger partial charge on any atom is -0.351 e. The Balaban J connectivity index is 1.73. The Kier molecular flexibility index (Phi) is 5.03. The first-order valence-corrected chi connectivity index (χ1v) is 8.83. The van der Waals surface area contributed by atoms with Gasteiger partial charge in [0.25, 0.3) is 0 Å². The van der Waals surface area contributed by atoms with Crippen LogP contribution in [-0.4, -0.2) is 27.3 Å². The molecule has 3 rings (SSSR count). The zero-order valence-electron chi connectivity index (χ0n) is 13.6. The Labute approximate surface area is 140 Å². The van der Waals surface area contributed by atoms with Crippen molar-refractivity contribution >= 4 is 17.2 Å². The molecule has 1 atom stereocenters. The Morgan fingerprint density at radius 3 is 3.09 bits per heavy atom. The average Bonchev–Trinajstić information content (AvgIpc) is 3.16. The van der Waals surface area contributed by atoms with Crippen molar-refractivity contribution in [3.8, 4) is 0 Å². The third kappa shape index (κ3) is 3.95. The summed E-state index contributed by atoms with van der Waals surface area (Å²) in [5.41, 5.74) is 5.27. The molecule has 0 saturated carbocycles. The summed E-state index contributed by atoms with van der Waals surface area (Å²) < 4.78 is 0. The van der Waals surface area contributed by atoms with E-state index < -0.39 is 0 Å². The number of hydrogen-bond donors (Lipinski definition) is 1. The molecule has 2 aromatic rings. The average molecular weight is 330 g/mol. The van der Waals surface area contributed by atoms with Crippen molar-refractivity contribution in [1.29, 1.82) is 0 Å². The number of hydrogen-bond acceptors (Lipinski definition) is 5. The molecule has 0 spiro atoms. The molecule has 1 fully saturated rings. The highest BCUT2D eigenvalue weighted by Crippen LogP contribution is 2.34. The molecule has 1 aliphatic heterocycles. The first-order valence-electron chi connectivity index (χ1n) is 7.96. The fourth-order valence-electron chi connectivity index (χ4n) is 3.07. The minimum absolute atomic E-state index is 0.0274. The molecule has 3 heterocycles. The second-order valence-electron chi connectivity index (χ2n) is 5.98. The molecule has 1 saturated heterocycles. The molecule has 5 nitrogen and oxygen atoms in total. The van der Waals surface area contributed by atoms with Crippen LogP contribution in [0.1, 0.15) is 47.6 Å². The van der Waals surface area contributed by atoms with Crippen molar-refractivity contribution in [2.24, 2.45) is 0 Å².